The van der Waals surface area contributed by atoms with Gasteiger partial charge in [-0.05, 0) is 29.1 Å². The molecule has 2 N–H and O–H groups in total. The number of amides is 1. The number of carbonyl (C=O) groups is 1. The van der Waals surface area contributed by atoms with Crippen LogP contribution in [-0.2, 0) is 11.2 Å². The van der Waals surface area contributed by atoms with Gasteiger partial charge >= 0.3 is 0 Å². The highest BCUT2D eigenvalue weighted by Crippen LogP contribution is 2.29. The Kier molecular flexibility index (Phi) is 3.98. The maximum Gasteiger partial charge on any atom is 0.221 e. The van der Waals surface area contributed by atoms with E-state index in [9.17, 15) is 4.79 Å². The summed E-state index contributed by atoms with van der Waals surface area (Å²) in [6, 6.07) is 16.1. The molecule has 0 saturated heterocycles. The third kappa shape index (κ3) is 3.01. The van der Waals surface area contributed by atoms with Gasteiger partial charge in [0, 0.05) is 36.9 Å². The van der Waals surface area contributed by atoms with E-state index in [-0.39, 0.29) is 12.3 Å². The molecule has 23 heavy (non-hydrogen) atoms. The molecule has 0 aliphatic rings. The van der Waals surface area contributed by atoms with E-state index >= 15 is 0 Å². The summed E-state index contributed by atoms with van der Waals surface area (Å²) in [6.45, 7) is 0. The van der Waals surface area contributed by atoms with E-state index in [0.717, 1.165) is 33.3 Å². The van der Waals surface area contributed by atoms with Crippen LogP contribution in [0.3, 0.4) is 0 Å². The standard InChI is InChI=1S/C19H19N3O/c1-22(2)15-8-6-13(7-9-15)19-17-5-3-4-14(12-18(20)23)16(17)10-11-21-19/h3-11H,12H2,1-2H3,(H2,20,23). The molecule has 0 radical (unpaired) electrons. The highest BCUT2D eigenvalue weighted by atomic mass is 16.1. The number of nitrogens with zero attached hydrogens (tertiary/aromatic N) is 2. The summed E-state index contributed by atoms with van der Waals surface area (Å²) in [4.78, 5) is 17.9. The molecule has 4 heteroatoms. The molecule has 4 nitrogen and oxygen atoms in total. The number of pyridine rings is 1. The number of fused-ring (bicyclic) bond motifs is 1. The molecule has 2 aromatic carbocycles. The Morgan fingerprint density at radius 1 is 1.04 bits per heavy atom. The Morgan fingerprint density at radius 2 is 1.78 bits per heavy atom. The molecule has 1 aromatic heterocycles. The van der Waals surface area contributed by atoms with Crippen molar-refractivity contribution in [3.63, 3.8) is 0 Å². The zero-order valence-corrected chi connectivity index (χ0v) is 13.3. The number of nitrogens with two attached hydrogens (primary N) is 1. The summed E-state index contributed by atoms with van der Waals surface area (Å²) in [5, 5.41) is 2.05. The van der Waals surface area contributed by atoms with Crippen LogP contribution in [0.15, 0.2) is 54.7 Å². The second kappa shape index (κ2) is 6.08. The lowest BCUT2D eigenvalue weighted by molar-refractivity contribution is -0.117. The van der Waals surface area contributed by atoms with Crippen molar-refractivity contribution in [3.05, 3.63) is 60.3 Å². The van der Waals surface area contributed by atoms with Gasteiger partial charge in [0.2, 0.25) is 5.91 Å². The maximum atomic E-state index is 11.3. The van der Waals surface area contributed by atoms with Gasteiger partial charge in [-0.2, -0.15) is 0 Å². The SMILES string of the molecule is CN(C)c1ccc(-c2nccc3c(CC(N)=O)cccc23)cc1. The van der Waals surface area contributed by atoms with Crippen LogP contribution < -0.4 is 10.6 Å². The maximum absolute atomic E-state index is 11.3. The number of primary amides is 1. The minimum absolute atomic E-state index is 0.236. The normalized spacial score (nSPS) is 10.7. The summed E-state index contributed by atoms with van der Waals surface area (Å²) < 4.78 is 0. The smallest absolute Gasteiger partial charge is 0.221 e. The van der Waals surface area contributed by atoms with Crippen molar-refractivity contribution in [2.24, 2.45) is 5.73 Å². The van der Waals surface area contributed by atoms with Crippen LogP contribution in [0.25, 0.3) is 22.0 Å². The fourth-order valence-electron chi connectivity index (χ4n) is 2.76. The summed E-state index contributed by atoms with van der Waals surface area (Å²) >= 11 is 0. The number of rotatable bonds is 4. The second-order valence-corrected chi connectivity index (χ2v) is 5.76. The third-order valence-electron chi connectivity index (χ3n) is 3.92. The van der Waals surface area contributed by atoms with Crippen molar-refractivity contribution in [1.82, 2.24) is 4.98 Å². The average molecular weight is 305 g/mol. The highest BCUT2D eigenvalue weighted by molar-refractivity contribution is 5.98. The van der Waals surface area contributed by atoms with Crippen LogP contribution in [-0.4, -0.2) is 25.0 Å². The lowest BCUT2D eigenvalue weighted by Crippen LogP contribution is -2.13. The Hall–Kier alpha value is -2.88. The van der Waals surface area contributed by atoms with Crippen LogP contribution in [0.5, 0.6) is 0 Å². The van der Waals surface area contributed by atoms with E-state index in [1.165, 1.54) is 0 Å². The van der Waals surface area contributed by atoms with Crippen LogP contribution in [0.4, 0.5) is 5.69 Å². The molecular weight excluding hydrogens is 286 g/mol. The molecule has 0 aliphatic carbocycles. The number of hydrogen-bond acceptors (Lipinski definition) is 3. The minimum Gasteiger partial charge on any atom is -0.378 e. The zero-order chi connectivity index (χ0) is 16.4. The van der Waals surface area contributed by atoms with Crippen molar-refractivity contribution in [2.75, 3.05) is 19.0 Å². The summed E-state index contributed by atoms with van der Waals surface area (Å²) in [5.41, 5.74) is 9.40. The van der Waals surface area contributed by atoms with Crippen LogP contribution >= 0.6 is 0 Å². The first-order valence-corrected chi connectivity index (χ1v) is 7.49. The molecule has 0 saturated carbocycles. The van der Waals surface area contributed by atoms with E-state index in [1.807, 2.05) is 38.4 Å². The predicted molar refractivity (Wildman–Crippen MR) is 94.4 cm³/mol. The van der Waals surface area contributed by atoms with Gasteiger partial charge in [-0.1, -0.05) is 30.3 Å². The quantitative estimate of drug-likeness (QED) is 0.806. The van der Waals surface area contributed by atoms with Gasteiger partial charge in [0.25, 0.3) is 0 Å². The summed E-state index contributed by atoms with van der Waals surface area (Å²) in [7, 11) is 4.03. The molecule has 0 spiro atoms. The third-order valence-corrected chi connectivity index (χ3v) is 3.92. The lowest BCUT2D eigenvalue weighted by Gasteiger charge is -2.13. The monoisotopic (exact) mass is 305 g/mol. The molecule has 0 atom stereocenters. The van der Waals surface area contributed by atoms with Gasteiger partial charge in [0.05, 0.1) is 12.1 Å². The van der Waals surface area contributed by atoms with Gasteiger partial charge < -0.3 is 10.6 Å². The number of aromatic nitrogens is 1. The Balaban J connectivity index is 2.13. The highest BCUT2D eigenvalue weighted by Gasteiger charge is 2.09. The van der Waals surface area contributed by atoms with Gasteiger partial charge in [0.15, 0.2) is 0 Å². The number of benzene rings is 2. The molecule has 1 amide bonds. The lowest BCUT2D eigenvalue weighted by atomic mass is 9.98. The molecule has 0 aliphatic heterocycles. The van der Waals surface area contributed by atoms with E-state index in [1.54, 1.807) is 6.20 Å². The first-order valence-electron chi connectivity index (χ1n) is 7.49. The summed E-state index contributed by atoms with van der Waals surface area (Å²) in [6.07, 6.45) is 2.02. The number of anilines is 1. The van der Waals surface area contributed by atoms with Crippen molar-refractivity contribution in [1.29, 1.82) is 0 Å². The Bertz CT molecular complexity index is 854. The van der Waals surface area contributed by atoms with Crippen molar-refractivity contribution in [3.8, 4) is 11.3 Å². The number of hydrogen-bond donors (Lipinski definition) is 1. The zero-order valence-electron chi connectivity index (χ0n) is 13.3. The first-order chi connectivity index (χ1) is 11.1. The van der Waals surface area contributed by atoms with Crippen LogP contribution in [0.1, 0.15) is 5.56 Å². The molecular formula is C19H19N3O. The fraction of sp³-hybridized carbons (Fsp3) is 0.158. The van der Waals surface area contributed by atoms with E-state index < -0.39 is 0 Å². The average Bonchev–Trinajstić information content (AvgIpc) is 2.54. The molecule has 116 valence electrons. The largest absolute Gasteiger partial charge is 0.378 e. The van der Waals surface area contributed by atoms with Gasteiger partial charge in [-0.25, -0.2) is 0 Å². The van der Waals surface area contributed by atoms with Gasteiger partial charge in [0.1, 0.15) is 0 Å². The molecule has 0 fully saturated rings. The van der Waals surface area contributed by atoms with E-state index in [0.29, 0.717) is 0 Å². The second-order valence-electron chi connectivity index (χ2n) is 5.76. The fourth-order valence-corrected chi connectivity index (χ4v) is 2.76. The van der Waals surface area contributed by atoms with Crippen LogP contribution in [0, 0.1) is 0 Å². The van der Waals surface area contributed by atoms with Crippen LogP contribution in [0.2, 0.25) is 0 Å². The predicted octanol–water partition coefficient (Wildman–Crippen LogP) is 3.00. The first kappa shape index (κ1) is 15.0. The Labute approximate surface area is 135 Å². The van der Waals surface area contributed by atoms with E-state index in [2.05, 4.69) is 34.1 Å². The molecule has 0 bridgehead atoms. The van der Waals surface area contributed by atoms with Gasteiger partial charge in [-0.15, -0.1) is 0 Å². The molecule has 3 aromatic rings. The summed E-state index contributed by atoms with van der Waals surface area (Å²) in [5.74, 6) is -0.328. The van der Waals surface area contributed by atoms with Crippen molar-refractivity contribution >= 4 is 22.4 Å². The topological polar surface area (TPSA) is 59.2 Å². The molecule has 0 unspecified atom stereocenters. The molecule has 3 rings (SSSR count). The van der Waals surface area contributed by atoms with Gasteiger partial charge in [-0.3, -0.25) is 9.78 Å². The van der Waals surface area contributed by atoms with Crippen molar-refractivity contribution < 1.29 is 4.79 Å². The minimum atomic E-state index is -0.328. The Morgan fingerprint density at radius 3 is 2.43 bits per heavy atom. The van der Waals surface area contributed by atoms with Crippen molar-refractivity contribution in [2.45, 2.75) is 6.42 Å². The number of carbonyl (C=O) groups excluding carboxylic acids is 1. The van der Waals surface area contributed by atoms with E-state index in [4.69, 9.17) is 5.73 Å². The molecule has 1 heterocycles.